The van der Waals surface area contributed by atoms with Gasteiger partial charge in [-0.2, -0.15) is 0 Å². The summed E-state index contributed by atoms with van der Waals surface area (Å²) in [6, 6.07) is 3.07. The van der Waals surface area contributed by atoms with Crippen molar-refractivity contribution in [3.8, 4) is 0 Å². The van der Waals surface area contributed by atoms with Crippen LogP contribution in [0, 0.1) is 0 Å². The van der Waals surface area contributed by atoms with E-state index < -0.39 is 23.5 Å². The predicted molar refractivity (Wildman–Crippen MR) is 51.6 cm³/mol. The van der Waals surface area contributed by atoms with Crippen LogP contribution in [0.4, 0.5) is 0 Å². The van der Waals surface area contributed by atoms with Gasteiger partial charge in [-0.25, -0.2) is 0 Å². The lowest BCUT2D eigenvalue weighted by atomic mass is 10.3. The zero-order valence-electron chi connectivity index (χ0n) is 7.98. The van der Waals surface area contributed by atoms with Crippen LogP contribution in [0.1, 0.15) is 17.4 Å². The summed E-state index contributed by atoms with van der Waals surface area (Å²) < 4.78 is 0. The number of nitrogens with one attached hydrogen (secondary N) is 2. The number of pyridine rings is 1. The first-order chi connectivity index (χ1) is 7.00. The van der Waals surface area contributed by atoms with Gasteiger partial charge in [0.1, 0.15) is 11.7 Å². The Bertz CT molecular complexity index is 438. The zero-order chi connectivity index (χ0) is 11.4. The molecule has 1 rings (SSSR count). The molecule has 1 atom stereocenters. The first-order valence-corrected chi connectivity index (χ1v) is 4.23. The van der Waals surface area contributed by atoms with E-state index in [9.17, 15) is 14.4 Å². The first-order valence-electron chi connectivity index (χ1n) is 4.23. The van der Waals surface area contributed by atoms with E-state index in [1.165, 1.54) is 25.1 Å². The highest BCUT2D eigenvalue weighted by atomic mass is 16.4. The van der Waals surface area contributed by atoms with E-state index in [2.05, 4.69) is 10.3 Å². The Balaban J connectivity index is 2.78. The molecule has 6 heteroatoms. The standard InChI is InChI=1S/C9H10N2O4/c1-5(9(14)15)10-8(13)6-3-2-4-7(12)11-6/h2-5H,1H3,(H,10,13)(H,11,12)(H,14,15). The largest absolute Gasteiger partial charge is 0.480 e. The number of amides is 1. The molecule has 3 N–H and O–H groups in total. The lowest BCUT2D eigenvalue weighted by Crippen LogP contribution is -2.39. The van der Waals surface area contributed by atoms with E-state index in [0.717, 1.165) is 0 Å². The maximum atomic E-state index is 11.4. The van der Waals surface area contributed by atoms with Crippen molar-refractivity contribution in [2.45, 2.75) is 13.0 Å². The molecule has 1 unspecified atom stereocenters. The van der Waals surface area contributed by atoms with Crippen LogP contribution in [-0.2, 0) is 4.79 Å². The number of hydrogen-bond acceptors (Lipinski definition) is 3. The minimum atomic E-state index is -1.14. The molecular weight excluding hydrogens is 200 g/mol. The summed E-state index contributed by atoms with van der Waals surface area (Å²) in [6.07, 6.45) is 0. The predicted octanol–water partition coefficient (Wildman–Crippen LogP) is -0.422. The number of hydrogen-bond donors (Lipinski definition) is 3. The number of aliphatic carboxylic acids is 1. The van der Waals surface area contributed by atoms with Crippen LogP contribution in [0.15, 0.2) is 23.0 Å². The van der Waals surface area contributed by atoms with Gasteiger partial charge in [-0.05, 0) is 13.0 Å². The van der Waals surface area contributed by atoms with Crippen molar-refractivity contribution in [2.75, 3.05) is 0 Å². The zero-order valence-corrected chi connectivity index (χ0v) is 7.98. The maximum absolute atomic E-state index is 11.4. The highest BCUT2D eigenvalue weighted by Gasteiger charge is 2.15. The third-order valence-electron chi connectivity index (χ3n) is 1.73. The molecule has 0 aliphatic rings. The molecule has 0 aromatic carbocycles. The Morgan fingerprint density at radius 1 is 1.47 bits per heavy atom. The van der Waals surface area contributed by atoms with Crippen LogP contribution in [0.3, 0.4) is 0 Å². The molecule has 0 saturated heterocycles. The lowest BCUT2D eigenvalue weighted by molar-refractivity contribution is -0.138. The summed E-state index contributed by atoms with van der Waals surface area (Å²) in [4.78, 5) is 35.0. The van der Waals surface area contributed by atoms with Gasteiger partial charge in [-0.3, -0.25) is 14.4 Å². The molecule has 1 heterocycles. The van der Waals surface area contributed by atoms with E-state index in [4.69, 9.17) is 5.11 Å². The second kappa shape index (κ2) is 4.41. The summed E-state index contributed by atoms with van der Waals surface area (Å²) in [7, 11) is 0. The van der Waals surface area contributed by atoms with Crippen LogP contribution < -0.4 is 10.9 Å². The lowest BCUT2D eigenvalue weighted by Gasteiger charge is -2.08. The minimum Gasteiger partial charge on any atom is -0.480 e. The molecular formula is C9H10N2O4. The van der Waals surface area contributed by atoms with Gasteiger partial charge in [0, 0.05) is 6.07 Å². The van der Waals surface area contributed by atoms with Crippen molar-refractivity contribution in [3.63, 3.8) is 0 Å². The topological polar surface area (TPSA) is 99.3 Å². The van der Waals surface area contributed by atoms with Crippen molar-refractivity contribution >= 4 is 11.9 Å². The Morgan fingerprint density at radius 2 is 2.13 bits per heavy atom. The summed E-state index contributed by atoms with van der Waals surface area (Å²) in [5, 5.41) is 10.8. The molecule has 6 nitrogen and oxygen atoms in total. The van der Waals surface area contributed by atoms with Crippen molar-refractivity contribution < 1.29 is 14.7 Å². The quantitative estimate of drug-likeness (QED) is 0.630. The monoisotopic (exact) mass is 210 g/mol. The Labute approximate surface area is 84.9 Å². The second-order valence-electron chi connectivity index (χ2n) is 2.96. The Morgan fingerprint density at radius 3 is 2.67 bits per heavy atom. The van der Waals surface area contributed by atoms with Crippen molar-refractivity contribution in [3.05, 3.63) is 34.2 Å². The fourth-order valence-corrected chi connectivity index (χ4v) is 0.916. The van der Waals surface area contributed by atoms with Crippen molar-refractivity contribution in [1.29, 1.82) is 0 Å². The molecule has 0 bridgehead atoms. The average Bonchev–Trinajstić information content (AvgIpc) is 2.17. The van der Waals surface area contributed by atoms with Gasteiger partial charge in [0.15, 0.2) is 0 Å². The van der Waals surface area contributed by atoms with Crippen molar-refractivity contribution in [2.24, 2.45) is 0 Å². The van der Waals surface area contributed by atoms with Crippen LogP contribution in [-0.4, -0.2) is 28.0 Å². The molecule has 0 fully saturated rings. The van der Waals surface area contributed by atoms with E-state index in [1.807, 2.05) is 0 Å². The SMILES string of the molecule is CC(NC(=O)c1cccc(=O)[nH]1)C(=O)O. The Hall–Kier alpha value is -2.11. The number of carboxylic acids is 1. The summed E-state index contributed by atoms with van der Waals surface area (Å²) in [5.74, 6) is -1.76. The molecule has 1 aromatic heterocycles. The molecule has 80 valence electrons. The second-order valence-corrected chi connectivity index (χ2v) is 2.96. The number of H-pyrrole nitrogens is 1. The fraction of sp³-hybridized carbons (Fsp3) is 0.222. The number of aromatic nitrogens is 1. The summed E-state index contributed by atoms with van der Waals surface area (Å²) >= 11 is 0. The molecule has 0 spiro atoms. The summed E-state index contributed by atoms with van der Waals surface area (Å²) in [5.41, 5.74) is -0.374. The van der Waals surface area contributed by atoms with E-state index >= 15 is 0 Å². The molecule has 0 radical (unpaired) electrons. The van der Waals surface area contributed by atoms with Crippen LogP contribution >= 0.6 is 0 Å². The van der Waals surface area contributed by atoms with Gasteiger partial charge in [0.2, 0.25) is 5.56 Å². The van der Waals surface area contributed by atoms with Gasteiger partial charge >= 0.3 is 5.97 Å². The van der Waals surface area contributed by atoms with E-state index in [0.29, 0.717) is 0 Å². The molecule has 0 aliphatic carbocycles. The molecule has 15 heavy (non-hydrogen) atoms. The fourth-order valence-electron chi connectivity index (χ4n) is 0.916. The van der Waals surface area contributed by atoms with Gasteiger partial charge in [0.25, 0.3) is 5.91 Å². The van der Waals surface area contributed by atoms with Crippen molar-refractivity contribution in [1.82, 2.24) is 10.3 Å². The van der Waals surface area contributed by atoms with Crippen LogP contribution in [0.2, 0.25) is 0 Å². The number of carboxylic acid groups (broad SMARTS) is 1. The van der Waals surface area contributed by atoms with Gasteiger partial charge in [-0.1, -0.05) is 6.07 Å². The molecule has 0 saturated carbocycles. The normalized spacial score (nSPS) is 11.8. The van der Waals surface area contributed by atoms with Gasteiger partial charge in [0.05, 0.1) is 0 Å². The third kappa shape index (κ3) is 2.94. The van der Waals surface area contributed by atoms with Gasteiger partial charge < -0.3 is 15.4 Å². The number of aromatic amines is 1. The average molecular weight is 210 g/mol. The highest BCUT2D eigenvalue weighted by Crippen LogP contribution is 1.91. The van der Waals surface area contributed by atoms with Crippen LogP contribution in [0.25, 0.3) is 0 Å². The Kier molecular flexibility index (Phi) is 3.22. The number of rotatable bonds is 3. The molecule has 0 aliphatic heterocycles. The van der Waals surface area contributed by atoms with E-state index in [1.54, 1.807) is 0 Å². The third-order valence-corrected chi connectivity index (χ3v) is 1.73. The molecule has 1 aromatic rings. The highest BCUT2D eigenvalue weighted by molar-refractivity contribution is 5.94. The molecule has 1 amide bonds. The summed E-state index contributed by atoms with van der Waals surface area (Å²) in [6.45, 7) is 1.33. The smallest absolute Gasteiger partial charge is 0.325 e. The van der Waals surface area contributed by atoms with Crippen LogP contribution in [0.5, 0.6) is 0 Å². The number of carbonyl (C=O) groups is 2. The van der Waals surface area contributed by atoms with Gasteiger partial charge in [-0.15, -0.1) is 0 Å². The first kappa shape index (κ1) is 11.0. The maximum Gasteiger partial charge on any atom is 0.325 e. The minimum absolute atomic E-state index is 0.0376. The van der Waals surface area contributed by atoms with E-state index in [-0.39, 0.29) is 5.69 Å². The number of carbonyl (C=O) groups excluding carboxylic acids is 1.